The fourth-order valence-electron chi connectivity index (χ4n) is 1.95. The lowest BCUT2D eigenvalue weighted by Gasteiger charge is -2.31. The van der Waals surface area contributed by atoms with Crippen LogP contribution in [0, 0.1) is 5.92 Å². The second kappa shape index (κ2) is 5.48. The van der Waals surface area contributed by atoms with Gasteiger partial charge in [0, 0.05) is 18.5 Å². The second-order valence-corrected chi connectivity index (χ2v) is 5.34. The molecule has 6 heteroatoms. The third-order valence-electron chi connectivity index (χ3n) is 3.28. The highest BCUT2D eigenvalue weighted by Crippen LogP contribution is 2.27. The number of rotatable bonds is 5. The summed E-state index contributed by atoms with van der Waals surface area (Å²) in [6, 6.07) is 0. The van der Waals surface area contributed by atoms with Crippen LogP contribution in [-0.4, -0.2) is 40.0 Å². The van der Waals surface area contributed by atoms with Crippen molar-refractivity contribution in [2.24, 2.45) is 5.92 Å². The zero-order valence-corrected chi connectivity index (χ0v) is 11.1. The predicted molar refractivity (Wildman–Crippen MR) is 68.0 cm³/mol. The van der Waals surface area contributed by atoms with E-state index in [2.05, 4.69) is 4.98 Å². The molecule has 1 N–H and O–H groups in total. The molecule has 0 spiro atoms. The molecule has 1 fully saturated rings. The van der Waals surface area contributed by atoms with Crippen LogP contribution in [0.1, 0.15) is 46.5 Å². The molecule has 1 saturated carbocycles. The largest absolute Gasteiger partial charge is 0.476 e. The van der Waals surface area contributed by atoms with Gasteiger partial charge in [-0.05, 0) is 25.7 Å². The van der Waals surface area contributed by atoms with Crippen LogP contribution in [0.25, 0.3) is 0 Å². The van der Waals surface area contributed by atoms with Gasteiger partial charge in [-0.15, -0.1) is 11.3 Å². The van der Waals surface area contributed by atoms with Crippen molar-refractivity contribution in [2.75, 3.05) is 13.1 Å². The second-order valence-electron chi connectivity index (χ2n) is 4.48. The normalized spacial score (nSPS) is 15.2. The molecule has 1 aromatic heterocycles. The molecule has 1 heterocycles. The van der Waals surface area contributed by atoms with Gasteiger partial charge in [0.1, 0.15) is 0 Å². The number of hydrogen-bond acceptors (Lipinski definition) is 4. The minimum absolute atomic E-state index is 0.0527. The van der Waals surface area contributed by atoms with E-state index < -0.39 is 5.97 Å². The first-order valence-electron chi connectivity index (χ1n) is 6.10. The Bertz CT molecular complexity index is 454. The topological polar surface area (TPSA) is 70.5 Å². The number of carbonyl (C=O) groups excluding carboxylic acids is 1. The van der Waals surface area contributed by atoms with Gasteiger partial charge >= 0.3 is 5.97 Å². The lowest BCUT2D eigenvalue weighted by Crippen LogP contribution is -2.37. The molecule has 5 nitrogen and oxygen atoms in total. The van der Waals surface area contributed by atoms with Gasteiger partial charge in [0.25, 0.3) is 5.91 Å². The van der Waals surface area contributed by atoms with E-state index in [1.807, 2.05) is 6.92 Å². The van der Waals surface area contributed by atoms with E-state index in [4.69, 9.17) is 5.11 Å². The van der Waals surface area contributed by atoms with Gasteiger partial charge in [-0.2, -0.15) is 0 Å². The molecule has 98 valence electrons. The summed E-state index contributed by atoms with van der Waals surface area (Å²) >= 11 is 1.10. The monoisotopic (exact) mass is 268 g/mol. The highest BCUT2D eigenvalue weighted by atomic mass is 32.1. The van der Waals surface area contributed by atoms with E-state index in [-0.39, 0.29) is 16.6 Å². The zero-order chi connectivity index (χ0) is 13.1. The Morgan fingerprint density at radius 3 is 2.72 bits per heavy atom. The number of thiazole rings is 1. The molecule has 1 aliphatic rings. The van der Waals surface area contributed by atoms with Gasteiger partial charge in [-0.25, -0.2) is 9.78 Å². The summed E-state index contributed by atoms with van der Waals surface area (Å²) in [5.74, 6) is -0.637. The zero-order valence-electron chi connectivity index (χ0n) is 10.3. The van der Waals surface area contributed by atoms with Crippen molar-refractivity contribution in [1.82, 2.24) is 9.88 Å². The van der Waals surface area contributed by atoms with Crippen molar-refractivity contribution in [3.63, 3.8) is 0 Å². The van der Waals surface area contributed by atoms with E-state index in [0.717, 1.165) is 17.9 Å². The van der Waals surface area contributed by atoms with E-state index in [1.165, 1.54) is 24.6 Å². The Balaban J connectivity index is 2.04. The van der Waals surface area contributed by atoms with Gasteiger partial charge in [-0.3, -0.25) is 4.79 Å². The summed E-state index contributed by atoms with van der Waals surface area (Å²) in [4.78, 5) is 28.5. The molecule has 0 aliphatic heterocycles. The number of hydrogen-bond donors (Lipinski definition) is 1. The van der Waals surface area contributed by atoms with Crippen molar-refractivity contribution in [3.8, 4) is 0 Å². The molecule has 0 saturated heterocycles. The third kappa shape index (κ3) is 2.69. The van der Waals surface area contributed by atoms with Crippen LogP contribution < -0.4 is 0 Å². The van der Waals surface area contributed by atoms with Gasteiger partial charge < -0.3 is 10.0 Å². The fourth-order valence-corrected chi connectivity index (χ4v) is 2.71. The average Bonchev–Trinajstić information content (AvgIpc) is 2.76. The molecule has 1 amide bonds. The molecule has 0 bridgehead atoms. The number of aromatic nitrogens is 1. The van der Waals surface area contributed by atoms with Crippen LogP contribution >= 0.6 is 11.3 Å². The molecule has 1 aliphatic carbocycles. The average molecular weight is 268 g/mol. The molecule has 1 aromatic rings. The maximum atomic E-state index is 12.2. The van der Waals surface area contributed by atoms with Crippen LogP contribution in [0.15, 0.2) is 5.38 Å². The first-order valence-corrected chi connectivity index (χ1v) is 6.98. The SMILES string of the molecule is CCN(CC1CCC1)C(=O)c1nc(C(=O)O)cs1. The quantitative estimate of drug-likeness (QED) is 0.887. The number of amides is 1. The van der Waals surface area contributed by atoms with E-state index in [9.17, 15) is 9.59 Å². The maximum Gasteiger partial charge on any atom is 0.355 e. The van der Waals surface area contributed by atoms with Crippen LogP contribution in [0.5, 0.6) is 0 Å². The summed E-state index contributed by atoms with van der Waals surface area (Å²) in [7, 11) is 0. The summed E-state index contributed by atoms with van der Waals surface area (Å²) in [5, 5.41) is 10.5. The first kappa shape index (κ1) is 13.0. The highest BCUT2D eigenvalue weighted by Gasteiger charge is 2.25. The molecular weight excluding hydrogens is 252 g/mol. The third-order valence-corrected chi connectivity index (χ3v) is 4.11. The smallest absolute Gasteiger partial charge is 0.355 e. The summed E-state index contributed by atoms with van der Waals surface area (Å²) in [5.41, 5.74) is -0.0527. The molecular formula is C12H16N2O3S. The van der Waals surface area contributed by atoms with Crippen LogP contribution in [0.2, 0.25) is 0 Å². The Morgan fingerprint density at radius 1 is 1.56 bits per heavy atom. The molecule has 2 rings (SSSR count). The van der Waals surface area contributed by atoms with Gasteiger partial charge in [0.15, 0.2) is 10.7 Å². The van der Waals surface area contributed by atoms with E-state index in [1.54, 1.807) is 4.90 Å². The van der Waals surface area contributed by atoms with Crippen molar-refractivity contribution in [2.45, 2.75) is 26.2 Å². The number of nitrogens with zero attached hydrogens (tertiary/aromatic N) is 2. The number of aromatic carboxylic acids is 1. The Hall–Kier alpha value is -1.43. The molecule has 0 atom stereocenters. The molecule has 0 unspecified atom stereocenters. The minimum atomic E-state index is -1.09. The lowest BCUT2D eigenvalue weighted by molar-refractivity contribution is 0.0690. The maximum absolute atomic E-state index is 12.2. The van der Waals surface area contributed by atoms with E-state index in [0.29, 0.717) is 12.5 Å². The van der Waals surface area contributed by atoms with Crippen molar-refractivity contribution in [1.29, 1.82) is 0 Å². The minimum Gasteiger partial charge on any atom is -0.476 e. The van der Waals surface area contributed by atoms with Gasteiger partial charge in [-0.1, -0.05) is 6.42 Å². The van der Waals surface area contributed by atoms with Crippen LogP contribution in [-0.2, 0) is 0 Å². The van der Waals surface area contributed by atoms with Crippen LogP contribution in [0.3, 0.4) is 0 Å². The number of carbonyl (C=O) groups is 2. The summed E-state index contributed by atoms with van der Waals surface area (Å²) in [6.45, 7) is 3.33. The highest BCUT2D eigenvalue weighted by molar-refractivity contribution is 7.11. The fraction of sp³-hybridized carbons (Fsp3) is 0.583. The Morgan fingerprint density at radius 2 is 2.28 bits per heavy atom. The van der Waals surface area contributed by atoms with Crippen molar-refractivity contribution >= 4 is 23.2 Å². The molecule has 0 radical (unpaired) electrons. The predicted octanol–water partition coefficient (Wildman–Crippen LogP) is 2.10. The van der Waals surface area contributed by atoms with Crippen molar-refractivity contribution in [3.05, 3.63) is 16.1 Å². The van der Waals surface area contributed by atoms with Crippen LogP contribution in [0.4, 0.5) is 0 Å². The Labute approximate surface area is 109 Å². The van der Waals surface area contributed by atoms with Gasteiger partial charge in [0.2, 0.25) is 0 Å². The van der Waals surface area contributed by atoms with Crippen molar-refractivity contribution < 1.29 is 14.7 Å². The standard InChI is InChI=1S/C12H16N2O3S/c1-2-14(6-8-4-3-5-8)11(15)10-13-9(7-18-10)12(16)17/h7-8H,2-6H2,1H3,(H,16,17). The first-order chi connectivity index (χ1) is 8.61. The summed E-state index contributed by atoms with van der Waals surface area (Å²) < 4.78 is 0. The lowest BCUT2D eigenvalue weighted by atomic mass is 9.85. The summed E-state index contributed by atoms with van der Waals surface area (Å²) in [6.07, 6.45) is 3.61. The van der Waals surface area contributed by atoms with Gasteiger partial charge in [0.05, 0.1) is 0 Å². The number of carboxylic acid groups (broad SMARTS) is 1. The Kier molecular flexibility index (Phi) is 3.96. The number of carboxylic acids is 1. The molecule has 18 heavy (non-hydrogen) atoms. The molecule has 0 aromatic carbocycles. The van der Waals surface area contributed by atoms with E-state index >= 15 is 0 Å².